The number of phenols is 1. The molecule has 0 spiro atoms. The predicted octanol–water partition coefficient (Wildman–Crippen LogP) is 3.19. The van der Waals surface area contributed by atoms with E-state index in [1.54, 1.807) is 20.8 Å². The number of carbonyl (C=O) groups is 1. The Morgan fingerprint density at radius 1 is 1.41 bits per heavy atom. The minimum Gasteiger partial charge on any atom is -0.508 e. The van der Waals surface area contributed by atoms with Gasteiger partial charge in [0.1, 0.15) is 11.4 Å². The number of benzene rings is 1. The Bertz CT molecular complexity index is 438. The van der Waals surface area contributed by atoms with E-state index in [0.717, 1.165) is 0 Å². The highest BCUT2D eigenvalue weighted by Crippen LogP contribution is 2.25. The molecule has 0 aromatic heterocycles. The summed E-state index contributed by atoms with van der Waals surface area (Å²) in [5.41, 5.74) is -0.583. The summed E-state index contributed by atoms with van der Waals surface area (Å²) >= 11 is 0. The number of anilines is 1. The van der Waals surface area contributed by atoms with Crippen LogP contribution in [0.5, 0.6) is 5.75 Å². The van der Waals surface area contributed by atoms with Gasteiger partial charge in [0.05, 0.1) is 5.69 Å². The van der Waals surface area contributed by atoms with Gasteiger partial charge in [0.2, 0.25) is 0 Å². The van der Waals surface area contributed by atoms with Gasteiger partial charge in [0.15, 0.2) is 5.82 Å². The maximum absolute atomic E-state index is 13.6. The molecule has 2 N–H and O–H groups in total. The molecule has 1 aromatic carbocycles. The van der Waals surface area contributed by atoms with Crippen molar-refractivity contribution in [3.8, 4) is 5.75 Å². The van der Waals surface area contributed by atoms with Crippen LogP contribution >= 0.6 is 0 Å². The molecule has 1 amide bonds. The zero-order chi connectivity index (χ0) is 13.2. The first-order valence-corrected chi connectivity index (χ1v) is 5.19. The predicted molar refractivity (Wildman–Crippen MR) is 62.7 cm³/mol. The van der Waals surface area contributed by atoms with E-state index in [1.807, 2.05) is 0 Å². The number of halogens is 1. The molecule has 94 valence electrons. The van der Waals surface area contributed by atoms with Gasteiger partial charge in [0.25, 0.3) is 0 Å². The molecule has 0 aliphatic heterocycles. The molecule has 0 saturated heterocycles. The van der Waals surface area contributed by atoms with Crippen molar-refractivity contribution in [1.29, 1.82) is 0 Å². The molecular formula is C12H16FNO3. The lowest BCUT2D eigenvalue weighted by Gasteiger charge is -2.20. The van der Waals surface area contributed by atoms with Gasteiger partial charge in [0, 0.05) is 5.56 Å². The smallest absolute Gasteiger partial charge is 0.412 e. The minimum absolute atomic E-state index is 0.0189. The summed E-state index contributed by atoms with van der Waals surface area (Å²) in [4.78, 5) is 11.4. The number of carbonyl (C=O) groups excluding carboxylic acids is 1. The molecule has 0 fully saturated rings. The lowest BCUT2D eigenvalue weighted by atomic mass is 10.2. The number of aromatic hydroxyl groups is 1. The van der Waals surface area contributed by atoms with Crippen molar-refractivity contribution in [3.05, 3.63) is 23.5 Å². The van der Waals surface area contributed by atoms with Crippen molar-refractivity contribution in [2.24, 2.45) is 0 Å². The fraction of sp³-hybridized carbons (Fsp3) is 0.417. The van der Waals surface area contributed by atoms with E-state index in [0.29, 0.717) is 0 Å². The molecule has 0 bridgehead atoms. The second kappa shape index (κ2) is 4.61. The number of amides is 1. The molecular weight excluding hydrogens is 225 g/mol. The molecule has 0 saturated carbocycles. The molecule has 4 nitrogen and oxygen atoms in total. The van der Waals surface area contributed by atoms with Crippen LogP contribution < -0.4 is 5.32 Å². The lowest BCUT2D eigenvalue weighted by Crippen LogP contribution is -2.27. The topological polar surface area (TPSA) is 58.6 Å². The Hall–Kier alpha value is -1.78. The number of nitrogens with one attached hydrogen (secondary N) is 1. The van der Waals surface area contributed by atoms with E-state index in [-0.39, 0.29) is 17.0 Å². The third-order valence-corrected chi connectivity index (χ3v) is 1.99. The molecule has 1 aromatic rings. The molecule has 0 aliphatic carbocycles. The lowest BCUT2D eigenvalue weighted by molar-refractivity contribution is 0.0635. The fourth-order valence-electron chi connectivity index (χ4n) is 1.18. The molecule has 17 heavy (non-hydrogen) atoms. The van der Waals surface area contributed by atoms with Crippen LogP contribution in [0.15, 0.2) is 12.1 Å². The number of ether oxygens (including phenoxy) is 1. The second-order valence-corrected chi connectivity index (χ2v) is 4.70. The van der Waals surface area contributed by atoms with Gasteiger partial charge in [-0.3, -0.25) is 5.32 Å². The first-order valence-electron chi connectivity index (χ1n) is 5.19. The molecule has 5 heteroatoms. The fourth-order valence-corrected chi connectivity index (χ4v) is 1.18. The maximum atomic E-state index is 13.6. The SMILES string of the molecule is Cc1c(O)ccc(NC(=O)OC(C)(C)C)c1F. The summed E-state index contributed by atoms with van der Waals surface area (Å²) in [6.45, 7) is 6.56. The molecule has 0 radical (unpaired) electrons. The van der Waals surface area contributed by atoms with Crippen molar-refractivity contribution >= 4 is 11.8 Å². The number of hydrogen-bond donors (Lipinski definition) is 2. The van der Waals surface area contributed by atoms with Gasteiger partial charge >= 0.3 is 6.09 Å². The van der Waals surface area contributed by atoms with Gasteiger partial charge in [-0.2, -0.15) is 0 Å². The maximum Gasteiger partial charge on any atom is 0.412 e. The second-order valence-electron chi connectivity index (χ2n) is 4.70. The summed E-state index contributed by atoms with van der Waals surface area (Å²) < 4.78 is 18.6. The first-order chi connectivity index (χ1) is 7.70. The van der Waals surface area contributed by atoms with Crippen molar-refractivity contribution in [2.75, 3.05) is 5.32 Å². The molecule has 0 atom stereocenters. The van der Waals surface area contributed by atoms with Crippen LogP contribution in [0, 0.1) is 12.7 Å². The van der Waals surface area contributed by atoms with Gasteiger partial charge in [-0.05, 0) is 39.8 Å². The van der Waals surface area contributed by atoms with Gasteiger partial charge < -0.3 is 9.84 Å². The van der Waals surface area contributed by atoms with Crippen LogP contribution in [0.1, 0.15) is 26.3 Å². The summed E-state index contributed by atoms with van der Waals surface area (Å²) in [6, 6.07) is 2.59. The van der Waals surface area contributed by atoms with Crippen LogP contribution in [0.25, 0.3) is 0 Å². The van der Waals surface area contributed by atoms with Gasteiger partial charge in [-0.25, -0.2) is 9.18 Å². The third-order valence-electron chi connectivity index (χ3n) is 1.99. The van der Waals surface area contributed by atoms with E-state index in [9.17, 15) is 14.3 Å². The standard InChI is InChI=1S/C12H16FNO3/c1-7-9(15)6-5-8(10(7)13)14-11(16)17-12(2,3)4/h5-6,15H,1-4H3,(H,14,16). The van der Waals surface area contributed by atoms with E-state index in [1.165, 1.54) is 19.1 Å². The normalized spacial score (nSPS) is 11.1. The molecule has 0 aliphatic rings. The highest BCUT2D eigenvalue weighted by atomic mass is 19.1. The van der Waals surface area contributed by atoms with Crippen LogP contribution in [0.4, 0.5) is 14.9 Å². The number of rotatable bonds is 1. The van der Waals surface area contributed by atoms with Crippen LogP contribution in [0.2, 0.25) is 0 Å². The van der Waals surface area contributed by atoms with Gasteiger partial charge in [-0.15, -0.1) is 0 Å². The van der Waals surface area contributed by atoms with Crippen LogP contribution in [-0.2, 0) is 4.74 Å². The number of hydrogen-bond acceptors (Lipinski definition) is 3. The van der Waals surface area contributed by atoms with E-state index in [4.69, 9.17) is 4.74 Å². The average molecular weight is 241 g/mol. The number of phenolic OH excluding ortho intramolecular Hbond substituents is 1. The summed E-state index contributed by atoms with van der Waals surface area (Å²) in [5, 5.41) is 11.5. The average Bonchev–Trinajstić information content (AvgIpc) is 2.16. The zero-order valence-electron chi connectivity index (χ0n) is 10.3. The largest absolute Gasteiger partial charge is 0.508 e. The Kier molecular flexibility index (Phi) is 3.60. The highest BCUT2D eigenvalue weighted by Gasteiger charge is 2.18. The first kappa shape index (κ1) is 13.3. The minimum atomic E-state index is -0.735. The van der Waals surface area contributed by atoms with Crippen molar-refractivity contribution in [2.45, 2.75) is 33.3 Å². The monoisotopic (exact) mass is 241 g/mol. The van der Waals surface area contributed by atoms with E-state index < -0.39 is 17.5 Å². The Balaban J connectivity index is 2.83. The third kappa shape index (κ3) is 3.62. The quantitative estimate of drug-likeness (QED) is 0.742. The van der Waals surface area contributed by atoms with E-state index in [2.05, 4.69) is 5.32 Å². The molecule has 1 rings (SSSR count). The summed E-state index contributed by atoms with van der Waals surface area (Å²) in [5.74, 6) is -0.826. The Labute approximate surface area is 99.4 Å². The van der Waals surface area contributed by atoms with E-state index >= 15 is 0 Å². The Morgan fingerprint density at radius 2 is 2.00 bits per heavy atom. The van der Waals surface area contributed by atoms with Crippen molar-refractivity contribution < 1.29 is 19.0 Å². The summed E-state index contributed by atoms with van der Waals surface area (Å²) in [6.07, 6.45) is -0.735. The highest BCUT2D eigenvalue weighted by molar-refractivity contribution is 5.85. The Morgan fingerprint density at radius 3 is 2.53 bits per heavy atom. The molecule has 0 unspecified atom stereocenters. The molecule has 0 heterocycles. The zero-order valence-corrected chi connectivity index (χ0v) is 10.3. The van der Waals surface area contributed by atoms with Crippen LogP contribution in [-0.4, -0.2) is 16.8 Å². The van der Waals surface area contributed by atoms with Gasteiger partial charge in [-0.1, -0.05) is 0 Å². The van der Waals surface area contributed by atoms with Crippen LogP contribution in [0.3, 0.4) is 0 Å². The summed E-state index contributed by atoms with van der Waals surface area (Å²) in [7, 11) is 0. The van der Waals surface area contributed by atoms with Crippen molar-refractivity contribution in [3.63, 3.8) is 0 Å². The van der Waals surface area contributed by atoms with Crippen molar-refractivity contribution in [1.82, 2.24) is 0 Å².